The molecule has 1 aromatic rings. The Bertz CT molecular complexity index is 300. The molecule has 13 heavy (non-hydrogen) atoms. The van der Waals surface area contributed by atoms with Gasteiger partial charge in [0.15, 0.2) is 0 Å². The molecule has 0 bridgehead atoms. The number of aliphatic hydroxyl groups is 1. The summed E-state index contributed by atoms with van der Waals surface area (Å²) < 4.78 is 0. The van der Waals surface area contributed by atoms with Crippen molar-refractivity contribution in [2.45, 2.75) is 32.3 Å². The molecule has 1 heterocycles. The van der Waals surface area contributed by atoms with E-state index in [0.717, 1.165) is 17.7 Å². The number of thiophene rings is 1. The maximum Gasteiger partial charge on any atom is 0.101 e. The standard InChI is InChI=1S/C10H13NOS/c1-2-3-8-4-5-10(13-8)9(12)6-7-11/h4-5,9,12H,2-3,6H2,1H3. The van der Waals surface area contributed by atoms with Gasteiger partial charge >= 0.3 is 0 Å². The second kappa shape index (κ2) is 5.00. The van der Waals surface area contributed by atoms with E-state index in [4.69, 9.17) is 5.26 Å². The average Bonchev–Trinajstić information content (AvgIpc) is 2.54. The topological polar surface area (TPSA) is 44.0 Å². The van der Waals surface area contributed by atoms with Crippen LogP contribution in [0.2, 0.25) is 0 Å². The number of aryl methyl sites for hydroxylation is 1. The molecular weight excluding hydrogens is 182 g/mol. The second-order valence-electron chi connectivity index (χ2n) is 2.93. The number of nitrogens with zero attached hydrogens (tertiary/aromatic N) is 1. The lowest BCUT2D eigenvalue weighted by molar-refractivity contribution is 0.187. The van der Waals surface area contributed by atoms with E-state index < -0.39 is 6.10 Å². The molecule has 3 heteroatoms. The summed E-state index contributed by atoms with van der Waals surface area (Å²) >= 11 is 1.60. The Hall–Kier alpha value is -0.850. The summed E-state index contributed by atoms with van der Waals surface area (Å²) in [7, 11) is 0. The van der Waals surface area contributed by atoms with Crippen LogP contribution in [0.1, 0.15) is 35.6 Å². The number of nitriles is 1. The Balaban J connectivity index is 2.63. The zero-order valence-corrected chi connectivity index (χ0v) is 8.47. The third-order valence-corrected chi connectivity index (χ3v) is 3.04. The molecule has 1 N–H and O–H groups in total. The van der Waals surface area contributed by atoms with Gasteiger partial charge in [0.25, 0.3) is 0 Å². The minimum absolute atomic E-state index is 0.187. The first-order chi connectivity index (χ1) is 6.27. The van der Waals surface area contributed by atoms with Crippen molar-refractivity contribution in [3.63, 3.8) is 0 Å². The van der Waals surface area contributed by atoms with E-state index in [1.807, 2.05) is 18.2 Å². The first kappa shape index (κ1) is 10.2. The molecule has 1 atom stereocenters. The maximum atomic E-state index is 9.49. The Kier molecular flexibility index (Phi) is 3.94. The van der Waals surface area contributed by atoms with Crippen LogP contribution in [0.15, 0.2) is 12.1 Å². The van der Waals surface area contributed by atoms with Crippen molar-refractivity contribution in [3.05, 3.63) is 21.9 Å². The number of rotatable bonds is 4. The van der Waals surface area contributed by atoms with Crippen LogP contribution in [-0.4, -0.2) is 5.11 Å². The highest BCUT2D eigenvalue weighted by molar-refractivity contribution is 7.12. The van der Waals surface area contributed by atoms with Crippen molar-refractivity contribution in [1.82, 2.24) is 0 Å². The molecule has 0 fully saturated rings. The molecule has 0 aliphatic rings. The second-order valence-corrected chi connectivity index (χ2v) is 4.13. The minimum atomic E-state index is -0.597. The molecule has 0 aromatic carbocycles. The monoisotopic (exact) mass is 195 g/mol. The lowest BCUT2D eigenvalue weighted by Gasteiger charge is -2.00. The Morgan fingerprint density at radius 2 is 2.38 bits per heavy atom. The van der Waals surface area contributed by atoms with Crippen molar-refractivity contribution < 1.29 is 5.11 Å². The lowest BCUT2D eigenvalue weighted by atomic mass is 10.2. The fourth-order valence-corrected chi connectivity index (χ4v) is 2.24. The lowest BCUT2D eigenvalue weighted by Crippen LogP contribution is -1.90. The van der Waals surface area contributed by atoms with Gasteiger partial charge in [-0.25, -0.2) is 0 Å². The predicted octanol–water partition coefficient (Wildman–Crippen LogP) is 2.65. The molecule has 0 saturated carbocycles. The first-order valence-electron chi connectivity index (χ1n) is 4.41. The van der Waals surface area contributed by atoms with Gasteiger partial charge in [0.05, 0.1) is 12.5 Å². The predicted molar refractivity (Wildman–Crippen MR) is 53.5 cm³/mol. The van der Waals surface area contributed by atoms with E-state index in [-0.39, 0.29) is 6.42 Å². The molecule has 1 aromatic heterocycles. The smallest absolute Gasteiger partial charge is 0.101 e. The summed E-state index contributed by atoms with van der Waals surface area (Å²) in [6, 6.07) is 5.91. The number of hydrogen-bond donors (Lipinski definition) is 1. The normalized spacial score (nSPS) is 12.4. The highest BCUT2D eigenvalue weighted by Crippen LogP contribution is 2.25. The van der Waals surface area contributed by atoms with E-state index in [0.29, 0.717) is 0 Å². The van der Waals surface area contributed by atoms with Gasteiger partial charge in [0.1, 0.15) is 6.10 Å². The van der Waals surface area contributed by atoms with Crippen molar-refractivity contribution >= 4 is 11.3 Å². The molecule has 0 spiro atoms. The Morgan fingerprint density at radius 3 is 3.00 bits per heavy atom. The van der Waals surface area contributed by atoms with Gasteiger partial charge in [-0.3, -0.25) is 0 Å². The number of aliphatic hydroxyl groups excluding tert-OH is 1. The van der Waals surface area contributed by atoms with Gasteiger partial charge in [0, 0.05) is 9.75 Å². The average molecular weight is 195 g/mol. The Morgan fingerprint density at radius 1 is 1.62 bits per heavy atom. The van der Waals surface area contributed by atoms with Gasteiger partial charge in [-0.05, 0) is 18.6 Å². The third-order valence-electron chi connectivity index (χ3n) is 1.79. The molecule has 1 rings (SSSR count). The van der Waals surface area contributed by atoms with E-state index in [2.05, 4.69) is 6.92 Å². The van der Waals surface area contributed by atoms with Crippen LogP contribution in [0.4, 0.5) is 0 Å². The van der Waals surface area contributed by atoms with Crippen LogP contribution in [0.25, 0.3) is 0 Å². The summed E-state index contributed by atoms with van der Waals surface area (Å²) in [5.41, 5.74) is 0. The van der Waals surface area contributed by atoms with Crippen molar-refractivity contribution in [3.8, 4) is 6.07 Å². The summed E-state index contributed by atoms with van der Waals surface area (Å²) in [5, 5.41) is 17.9. The van der Waals surface area contributed by atoms with Crippen molar-refractivity contribution in [1.29, 1.82) is 5.26 Å². The summed E-state index contributed by atoms with van der Waals surface area (Å²) in [4.78, 5) is 2.19. The first-order valence-corrected chi connectivity index (χ1v) is 5.23. The summed E-state index contributed by atoms with van der Waals surface area (Å²) in [6.07, 6.45) is 1.77. The zero-order valence-electron chi connectivity index (χ0n) is 7.66. The van der Waals surface area contributed by atoms with Gasteiger partial charge in [-0.15, -0.1) is 11.3 Å². The fraction of sp³-hybridized carbons (Fsp3) is 0.500. The van der Waals surface area contributed by atoms with Crippen LogP contribution in [0, 0.1) is 11.3 Å². The molecular formula is C10H13NOS. The van der Waals surface area contributed by atoms with Crippen LogP contribution in [-0.2, 0) is 6.42 Å². The fourth-order valence-electron chi connectivity index (χ4n) is 1.14. The maximum absolute atomic E-state index is 9.49. The molecule has 0 aliphatic heterocycles. The van der Waals surface area contributed by atoms with Crippen LogP contribution in [0.3, 0.4) is 0 Å². The molecule has 0 aliphatic carbocycles. The SMILES string of the molecule is CCCc1ccc(C(O)CC#N)s1. The van der Waals surface area contributed by atoms with Gasteiger partial charge < -0.3 is 5.11 Å². The number of hydrogen-bond acceptors (Lipinski definition) is 3. The largest absolute Gasteiger partial charge is 0.386 e. The quantitative estimate of drug-likeness (QED) is 0.802. The molecule has 0 radical (unpaired) electrons. The van der Waals surface area contributed by atoms with Crippen molar-refractivity contribution in [2.75, 3.05) is 0 Å². The van der Waals surface area contributed by atoms with Gasteiger partial charge in [0.2, 0.25) is 0 Å². The molecule has 2 nitrogen and oxygen atoms in total. The Labute approximate surface area is 82.4 Å². The third kappa shape index (κ3) is 2.83. The van der Waals surface area contributed by atoms with Crippen LogP contribution < -0.4 is 0 Å². The van der Waals surface area contributed by atoms with Crippen molar-refractivity contribution in [2.24, 2.45) is 0 Å². The molecule has 1 unspecified atom stereocenters. The van der Waals surface area contributed by atoms with Gasteiger partial charge in [-0.2, -0.15) is 5.26 Å². The van der Waals surface area contributed by atoms with E-state index in [1.165, 1.54) is 4.88 Å². The van der Waals surface area contributed by atoms with E-state index in [9.17, 15) is 5.11 Å². The van der Waals surface area contributed by atoms with E-state index >= 15 is 0 Å². The molecule has 0 saturated heterocycles. The molecule has 0 amide bonds. The zero-order chi connectivity index (χ0) is 9.68. The highest BCUT2D eigenvalue weighted by Gasteiger charge is 2.09. The van der Waals surface area contributed by atoms with Gasteiger partial charge in [-0.1, -0.05) is 13.3 Å². The summed E-state index contributed by atoms with van der Waals surface area (Å²) in [6.45, 7) is 2.13. The summed E-state index contributed by atoms with van der Waals surface area (Å²) in [5.74, 6) is 0. The van der Waals surface area contributed by atoms with E-state index in [1.54, 1.807) is 11.3 Å². The molecule has 70 valence electrons. The van der Waals surface area contributed by atoms with Crippen LogP contribution >= 0.6 is 11.3 Å². The highest BCUT2D eigenvalue weighted by atomic mass is 32.1. The minimum Gasteiger partial charge on any atom is -0.386 e. The van der Waals surface area contributed by atoms with Crippen LogP contribution in [0.5, 0.6) is 0 Å².